The van der Waals surface area contributed by atoms with Crippen LogP contribution in [0.4, 0.5) is 10.1 Å². The van der Waals surface area contributed by atoms with E-state index in [0.717, 1.165) is 5.56 Å². The lowest BCUT2D eigenvalue weighted by molar-refractivity contribution is 0.495. The van der Waals surface area contributed by atoms with E-state index in [0.29, 0.717) is 12.1 Å². The van der Waals surface area contributed by atoms with E-state index in [-0.39, 0.29) is 5.69 Å². The minimum absolute atomic E-state index is 0.267. The number of hydrazine groups is 1. The molecule has 2 aromatic heterocycles. The molecule has 1 unspecified atom stereocenters. The average molecular weight is 247 g/mol. The molecule has 0 spiro atoms. The van der Waals surface area contributed by atoms with E-state index in [1.807, 2.05) is 0 Å². The van der Waals surface area contributed by atoms with E-state index >= 15 is 0 Å². The monoisotopic (exact) mass is 247 g/mol. The Morgan fingerprint density at radius 1 is 1.33 bits per heavy atom. The van der Waals surface area contributed by atoms with Crippen LogP contribution >= 0.6 is 0 Å². The normalized spacial score (nSPS) is 12.3. The van der Waals surface area contributed by atoms with Gasteiger partial charge in [-0.2, -0.15) is 0 Å². The highest BCUT2D eigenvalue weighted by molar-refractivity contribution is 5.45. The zero-order valence-electron chi connectivity index (χ0n) is 9.68. The summed E-state index contributed by atoms with van der Waals surface area (Å²) in [5, 5.41) is 0. The summed E-state index contributed by atoms with van der Waals surface area (Å²) in [4.78, 5) is 7.98. The molecule has 0 aromatic carbocycles. The van der Waals surface area contributed by atoms with Gasteiger partial charge >= 0.3 is 0 Å². The van der Waals surface area contributed by atoms with Crippen LogP contribution in [0.15, 0.2) is 36.8 Å². The summed E-state index contributed by atoms with van der Waals surface area (Å²) >= 11 is 0. The van der Waals surface area contributed by atoms with Gasteiger partial charge in [-0.25, -0.2) is 4.39 Å². The third-order valence-corrected chi connectivity index (χ3v) is 2.68. The van der Waals surface area contributed by atoms with Crippen LogP contribution in [0, 0.1) is 5.82 Å². The summed E-state index contributed by atoms with van der Waals surface area (Å²) in [5.74, 6) is 5.05. The number of hydrogen-bond donors (Lipinski definition) is 3. The van der Waals surface area contributed by atoms with Gasteiger partial charge in [-0.15, -0.1) is 0 Å². The topological polar surface area (TPSA) is 89.8 Å². The van der Waals surface area contributed by atoms with Gasteiger partial charge in [0.15, 0.2) is 0 Å². The largest absolute Gasteiger partial charge is 0.398 e. The number of nitrogen functional groups attached to an aromatic ring is 1. The molecular weight excluding hydrogens is 233 g/mol. The lowest BCUT2D eigenvalue weighted by Gasteiger charge is -2.16. The molecule has 0 fully saturated rings. The van der Waals surface area contributed by atoms with Crippen molar-refractivity contribution in [2.45, 2.75) is 12.5 Å². The highest BCUT2D eigenvalue weighted by atomic mass is 19.1. The lowest BCUT2D eigenvalue weighted by atomic mass is 10.0. The van der Waals surface area contributed by atoms with Crippen molar-refractivity contribution in [3.8, 4) is 0 Å². The fourth-order valence-electron chi connectivity index (χ4n) is 1.72. The Morgan fingerprint density at radius 2 is 2.17 bits per heavy atom. The number of anilines is 1. The molecule has 0 aliphatic heterocycles. The minimum atomic E-state index is -0.447. The van der Waals surface area contributed by atoms with Gasteiger partial charge in [-0.05, 0) is 30.2 Å². The van der Waals surface area contributed by atoms with Crippen LogP contribution in [0.3, 0.4) is 0 Å². The van der Waals surface area contributed by atoms with Crippen LogP contribution in [0.1, 0.15) is 17.3 Å². The zero-order valence-corrected chi connectivity index (χ0v) is 9.68. The average Bonchev–Trinajstić information content (AvgIpc) is 2.39. The maximum Gasteiger partial charge on any atom is 0.146 e. The van der Waals surface area contributed by atoms with Crippen molar-refractivity contribution in [3.05, 3.63) is 53.9 Å². The summed E-state index contributed by atoms with van der Waals surface area (Å²) in [6.07, 6.45) is 5.19. The Morgan fingerprint density at radius 3 is 2.83 bits per heavy atom. The number of pyridine rings is 2. The number of rotatable bonds is 4. The molecule has 0 amide bonds. The van der Waals surface area contributed by atoms with Crippen molar-refractivity contribution in [1.29, 1.82) is 0 Å². The number of halogens is 1. The van der Waals surface area contributed by atoms with Crippen LogP contribution in [-0.4, -0.2) is 9.97 Å². The van der Waals surface area contributed by atoms with E-state index < -0.39 is 11.9 Å². The molecular formula is C12H14FN5. The van der Waals surface area contributed by atoms with E-state index in [1.165, 1.54) is 18.3 Å². The van der Waals surface area contributed by atoms with E-state index in [4.69, 9.17) is 11.6 Å². The molecule has 18 heavy (non-hydrogen) atoms. The molecule has 2 rings (SSSR count). The Bertz CT molecular complexity index is 531. The number of nitrogens with zero attached hydrogens (tertiary/aromatic N) is 2. The minimum Gasteiger partial charge on any atom is -0.398 e. The fraction of sp³-hybridized carbons (Fsp3) is 0.167. The molecule has 5 N–H and O–H groups in total. The Labute approximate surface area is 104 Å². The van der Waals surface area contributed by atoms with Crippen LogP contribution < -0.4 is 17.0 Å². The van der Waals surface area contributed by atoms with Crippen molar-refractivity contribution in [3.63, 3.8) is 0 Å². The van der Waals surface area contributed by atoms with Gasteiger partial charge < -0.3 is 5.73 Å². The summed E-state index contributed by atoms with van der Waals surface area (Å²) in [7, 11) is 0. The second-order valence-electron chi connectivity index (χ2n) is 3.87. The molecule has 0 bridgehead atoms. The number of nitrogens with two attached hydrogens (primary N) is 2. The van der Waals surface area contributed by atoms with Crippen LogP contribution in [-0.2, 0) is 6.42 Å². The third kappa shape index (κ3) is 2.61. The first-order valence-corrected chi connectivity index (χ1v) is 5.47. The highest BCUT2D eigenvalue weighted by Crippen LogP contribution is 2.20. The summed E-state index contributed by atoms with van der Waals surface area (Å²) < 4.78 is 13.6. The molecule has 1 atom stereocenters. The van der Waals surface area contributed by atoms with E-state index in [2.05, 4.69) is 15.4 Å². The first-order valence-electron chi connectivity index (χ1n) is 5.47. The predicted octanol–water partition coefficient (Wildman–Crippen LogP) is 0.945. The number of hydrogen-bond acceptors (Lipinski definition) is 5. The van der Waals surface area contributed by atoms with Gasteiger partial charge in [0.25, 0.3) is 0 Å². The van der Waals surface area contributed by atoms with Gasteiger partial charge in [-0.3, -0.25) is 21.2 Å². The number of nitrogens with one attached hydrogen (secondary N) is 1. The fourth-order valence-corrected chi connectivity index (χ4v) is 1.72. The maximum absolute atomic E-state index is 13.6. The van der Waals surface area contributed by atoms with E-state index in [1.54, 1.807) is 18.5 Å². The Hall–Kier alpha value is -2.05. The van der Waals surface area contributed by atoms with Crippen LogP contribution in [0.25, 0.3) is 0 Å². The summed E-state index contributed by atoms with van der Waals surface area (Å²) in [6, 6.07) is 4.12. The first kappa shape index (κ1) is 12.4. The summed E-state index contributed by atoms with van der Waals surface area (Å²) in [5.41, 5.74) is 10.0. The molecule has 0 aliphatic carbocycles. The SMILES string of the molecule is NNC(Cc1cnccc1N)c1ncccc1F. The van der Waals surface area contributed by atoms with Gasteiger partial charge in [0, 0.05) is 24.3 Å². The van der Waals surface area contributed by atoms with Crippen molar-refractivity contribution in [2.24, 2.45) is 5.84 Å². The molecule has 0 saturated heterocycles. The molecule has 2 aromatic rings. The van der Waals surface area contributed by atoms with Gasteiger partial charge in [0.1, 0.15) is 5.82 Å². The van der Waals surface area contributed by atoms with Gasteiger partial charge in [0.2, 0.25) is 0 Å². The molecule has 6 heteroatoms. The molecule has 0 saturated carbocycles. The van der Waals surface area contributed by atoms with E-state index in [9.17, 15) is 4.39 Å². The molecule has 2 heterocycles. The molecule has 5 nitrogen and oxygen atoms in total. The smallest absolute Gasteiger partial charge is 0.146 e. The number of aromatic nitrogens is 2. The van der Waals surface area contributed by atoms with Gasteiger partial charge in [0.05, 0.1) is 11.7 Å². The van der Waals surface area contributed by atoms with Gasteiger partial charge in [-0.1, -0.05) is 0 Å². The Balaban J connectivity index is 2.26. The van der Waals surface area contributed by atoms with Crippen molar-refractivity contribution < 1.29 is 4.39 Å². The first-order chi connectivity index (χ1) is 8.72. The predicted molar refractivity (Wildman–Crippen MR) is 66.6 cm³/mol. The van der Waals surface area contributed by atoms with Crippen LogP contribution in [0.5, 0.6) is 0 Å². The molecule has 0 radical (unpaired) electrons. The summed E-state index contributed by atoms with van der Waals surface area (Å²) in [6.45, 7) is 0. The molecule has 0 aliphatic rings. The van der Waals surface area contributed by atoms with Crippen molar-refractivity contribution in [1.82, 2.24) is 15.4 Å². The molecule has 94 valence electrons. The second kappa shape index (κ2) is 5.52. The Kier molecular flexibility index (Phi) is 3.81. The lowest BCUT2D eigenvalue weighted by Crippen LogP contribution is -2.31. The van der Waals surface area contributed by atoms with Crippen LogP contribution in [0.2, 0.25) is 0 Å². The quantitative estimate of drug-likeness (QED) is 0.552. The maximum atomic E-state index is 13.6. The standard InChI is InChI=1S/C12H14FN5/c13-9-2-1-4-17-12(9)11(18-15)6-8-7-16-5-3-10(8)14/h1-5,7,11,18H,6,15H2,(H2,14,16). The van der Waals surface area contributed by atoms with Crippen molar-refractivity contribution >= 4 is 5.69 Å². The second-order valence-corrected chi connectivity index (χ2v) is 3.87. The zero-order chi connectivity index (χ0) is 13.0. The van der Waals surface area contributed by atoms with Crippen molar-refractivity contribution in [2.75, 3.05) is 5.73 Å². The third-order valence-electron chi connectivity index (χ3n) is 2.68. The highest BCUT2D eigenvalue weighted by Gasteiger charge is 2.17.